The van der Waals surface area contributed by atoms with Crippen molar-refractivity contribution in [1.29, 1.82) is 0 Å². The fourth-order valence-corrected chi connectivity index (χ4v) is 2.05. The lowest BCUT2D eigenvalue weighted by atomic mass is 10.1. The van der Waals surface area contributed by atoms with E-state index in [9.17, 15) is 9.59 Å². The number of rotatable bonds is 5. The fraction of sp³-hybridized carbons (Fsp3) is 0.333. The van der Waals surface area contributed by atoms with Crippen molar-refractivity contribution < 1.29 is 14.3 Å². The van der Waals surface area contributed by atoms with Crippen LogP contribution >= 0.6 is 0 Å². The van der Waals surface area contributed by atoms with Crippen LogP contribution in [0.15, 0.2) is 42.5 Å². The van der Waals surface area contributed by atoms with Gasteiger partial charge in [0.1, 0.15) is 5.75 Å². The van der Waals surface area contributed by atoms with Crippen LogP contribution in [0, 0.1) is 0 Å². The molecule has 5 heteroatoms. The van der Waals surface area contributed by atoms with E-state index in [1.54, 1.807) is 19.2 Å². The van der Waals surface area contributed by atoms with Crippen LogP contribution < -0.4 is 15.8 Å². The highest BCUT2D eigenvalue weighted by atomic mass is 16.5. The molecule has 1 amide bonds. The number of benzene rings is 2. The Kier molecular flexibility index (Phi) is 11.2. The predicted molar refractivity (Wildman–Crippen MR) is 108 cm³/mol. The number of nitrogens with two attached hydrogens (primary N) is 1. The molecule has 26 heavy (non-hydrogen) atoms. The van der Waals surface area contributed by atoms with Crippen molar-refractivity contribution in [3.63, 3.8) is 0 Å². The van der Waals surface area contributed by atoms with E-state index in [0.717, 1.165) is 11.3 Å². The zero-order chi connectivity index (χ0) is 20.1. The number of amides is 1. The number of ketones is 1. The summed E-state index contributed by atoms with van der Waals surface area (Å²) in [6.45, 7) is 9.84. The average Bonchev–Trinajstić information content (AvgIpc) is 2.69. The number of nitrogen functional groups attached to an aromatic ring is 1. The molecule has 0 atom stereocenters. The average molecular weight is 358 g/mol. The van der Waals surface area contributed by atoms with Gasteiger partial charge in [-0.2, -0.15) is 0 Å². The first kappa shape index (κ1) is 23.2. The van der Waals surface area contributed by atoms with Crippen LogP contribution in [0.2, 0.25) is 0 Å². The van der Waals surface area contributed by atoms with Gasteiger partial charge in [0.2, 0.25) is 0 Å². The molecule has 2 aromatic rings. The molecule has 0 aliphatic rings. The molecular weight excluding hydrogens is 328 g/mol. The second kappa shape index (κ2) is 12.5. The van der Waals surface area contributed by atoms with Crippen LogP contribution in [-0.2, 0) is 6.54 Å². The second-order valence-electron chi connectivity index (χ2n) is 4.89. The molecule has 142 valence electrons. The molecule has 0 aliphatic carbocycles. The van der Waals surface area contributed by atoms with Gasteiger partial charge in [-0.1, -0.05) is 39.8 Å². The normalized spacial score (nSPS) is 9.00. The molecule has 0 unspecified atom stereocenters. The third-order valence-corrected chi connectivity index (χ3v) is 3.31. The quantitative estimate of drug-likeness (QED) is 0.610. The van der Waals surface area contributed by atoms with E-state index in [1.165, 1.54) is 13.0 Å². The number of hydrogen-bond acceptors (Lipinski definition) is 4. The summed E-state index contributed by atoms with van der Waals surface area (Å²) in [4.78, 5) is 23.4. The van der Waals surface area contributed by atoms with Gasteiger partial charge in [-0.25, -0.2) is 0 Å². The number of anilines is 1. The number of Topliss-reactive ketones (excluding diaryl/α,β-unsaturated/α-hetero) is 1. The van der Waals surface area contributed by atoms with Gasteiger partial charge >= 0.3 is 0 Å². The van der Waals surface area contributed by atoms with Crippen LogP contribution in [0.25, 0.3) is 0 Å². The Morgan fingerprint density at radius 3 is 2.04 bits per heavy atom. The van der Waals surface area contributed by atoms with Crippen LogP contribution in [0.4, 0.5) is 5.69 Å². The van der Waals surface area contributed by atoms with Gasteiger partial charge in [0.15, 0.2) is 5.78 Å². The maximum Gasteiger partial charge on any atom is 0.251 e. The Morgan fingerprint density at radius 2 is 1.58 bits per heavy atom. The minimum atomic E-state index is -0.238. The van der Waals surface area contributed by atoms with E-state index in [4.69, 9.17) is 10.5 Å². The lowest BCUT2D eigenvalue weighted by molar-refractivity contribution is 0.0949. The minimum absolute atomic E-state index is 0.123. The third-order valence-electron chi connectivity index (χ3n) is 3.31. The predicted octanol–water partition coefficient (Wildman–Crippen LogP) is 4.46. The van der Waals surface area contributed by atoms with Crippen molar-refractivity contribution in [2.45, 2.75) is 41.2 Å². The smallest absolute Gasteiger partial charge is 0.251 e. The maximum atomic E-state index is 12.1. The van der Waals surface area contributed by atoms with Gasteiger partial charge in [-0.3, -0.25) is 9.59 Å². The molecular formula is C21H30N2O3. The van der Waals surface area contributed by atoms with Gasteiger partial charge in [0, 0.05) is 23.4 Å². The highest BCUT2D eigenvalue weighted by molar-refractivity contribution is 6.02. The highest BCUT2D eigenvalue weighted by Gasteiger charge is 2.10. The second-order valence-corrected chi connectivity index (χ2v) is 4.89. The SMILES string of the molecule is CC.CC.COc1ccc(CNC(=O)c2ccc(C(C)=O)c(N)c2)cc1. The largest absolute Gasteiger partial charge is 0.497 e. The van der Waals surface area contributed by atoms with E-state index in [0.29, 0.717) is 23.4 Å². The molecule has 0 fully saturated rings. The molecule has 0 aromatic heterocycles. The Hall–Kier alpha value is -2.82. The molecule has 5 nitrogen and oxygen atoms in total. The van der Waals surface area contributed by atoms with Crippen molar-refractivity contribution in [3.05, 3.63) is 59.2 Å². The van der Waals surface area contributed by atoms with Gasteiger partial charge in [-0.05, 0) is 42.8 Å². The molecule has 0 bridgehead atoms. The number of nitrogens with one attached hydrogen (secondary N) is 1. The summed E-state index contributed by atoms with van der Waals surface area (Å²) in [7, 11) is 1.60. The van der Waals surface area contributed by atoms with Gasteiger partial charge in [-0.15, -0.1) is 0 Å². The molecule has 0 saturated carbocycles. The van der Waals surface area contributed by atoms with Crippen LogP contribution in [-0.4, -0.2) is 18.8 Å². The van der Waals surface area contributed by atoms with E-state index in [2.05, 4.69) is 5.32 Å². The number of methoxy groups -OCH3 is 1. The van der Waals surface area contributed by atoms with Crippen molar-refractivity contribution >= 4 is 17.4 Å². The summed E-state index contributed by atoms with van der Waals surface area (Å²) in [5, 5.41) is 2.81. The Morgan fingerprint density at radius 1 is 1.00 bits per heavy atom. The van der Waals surface area contributed by atoms with Crippen molar-refractivity contribution in [1.82, 2.24) is 5.32 Å². The monoisotopic (exact) mass is 358 g/mol. The number of hydrogen-bond donors (Lipinski definition) is 2. The molecule has 2 rings (SSSR count). The van der Waals surface area contributed by atoms with E-state index in [-0.39, 0.29) is 11.7 Å². The first-order valence-electron chi connectivity index (χ1n) is 8.83. The van der Waals surface area contributed by atoms with Crippen molar-refractivity contribution in [2.75, 3.05) is 12.8 Å². The molecule has 2 aromatic carbocycles. The highest BCUT2D eigenvalue weighted by Crippen LogP contribution is 2.15. The standard InChI is InChI=1S/C17H18N2O3.2C2H6/c1-11(20)15-8-5-13(9-16(15)18)17(21)19-10-12-3-6-14(22-2)7-4-12;2*1-2/h3-9H,10,18H2,1-2H3,(H,19,21);2*1-2H3. The fourth-order valence-electron chi connectivity index (χ4n) is 2.05. The summed E-state index contributed by atoms with van der Waals surface area (Å²) < 4.78 is 5.08. The number of ether oxygens (including phenoxy) is 1. The molecule has 0 radical (unpaired) electrons. The van der Waals surface area contributed by atoms with Crippen molar-refractivity contribution in [2.24, 2.45) is 0 Å². The van der Waals surface area contributed by atoms with Crippen LogP contribution in [0.5, 0.6) is 5.75 Å². The van der Waals surface area contributed by atoms with Gasteiger partial charge < -0.3 is 15.8 Å². The van der Waals surface area contributed by atoms with Crippen molar-refractivity contribution in [3.8, 4) is 5.75 Å². The lowest BCUT2D eigenvalue weighted by Gasteiger charge is -2.08. The van der Waals surface area contributed by atoms with Crippen LogP contribution in [0.3, 0.4) is 0 Å². The lowest BCUT2D eigenvalue weighted by Crippen LogP contribution is -2.23. The molecule has 3 N–H and O–H groups in total. The topological polar surface area (TPSA) is 81.4 Å². The van der Waals surface area contributed by atoms with Crippen LogP contribution in [0.1, 0.15) is 60.9 Å². The zero-order valence-corrected chi connectivity index (χ0v) is 16.6. The summed E-state index contributed by atoms with van der Waals surface area (Å²) in [6.07, 6.45) is 0. The first-order valence-corrected chi connectivity index (χ1v) is 8.83. The Balaban J connectivity index is 0.00000146. The summed E-state index contributed by atoms with van der Waals surface area (Å²) in [5.41, 5.74) is 7.90. The molecule has 0 heterocycles. The summed E-state index contributed by atoms with van der Waals surface area (Å²) in [5.74, 6) is 0.406. The van der Waals surface area contributed by atoms with Gasteiger partial charge in [0.25, 0.3) is 5.91 Å². The number of carbonyl (C=O) groups excluding carboxylic acids is 2. The Labute approximate surface area is 156 Å². The Bertz CT molecular complexity index is 695. The summed E-state index contributed by atoms with van der Waals surface area (Å²) in [6, 6.07) is 12.1. The molecule has 0 saturated heterocycles. The third kappa shape index (κ3) is 6.97. The van der Waals surface area contributed by atoms with E-state index < -0.39 is 0 Å². The molecule has 0 spiro atoms. The zero-order valence-electron chi connectivity index (χ0n) is 16.6. The van der Waals surface area contributed by atoms with Gasteiger partial charge in [0.05, 0.1) is 7.11 Å². The minimum Gasteiger partial charge on any atom is -0.497 e. The molecule has 0 aliphatic heterocycles. The number of carbonyl (C=O) groups is 2. The maximum absolute atomic E-state index is 12.1. The summed E-state index contributed by atoms with van der Waals surface area (Å²) >= 11 is 0. The van der Waals surface area contributed by atoms with E-state index in [1.807, 2.05) is 52.0 Å². The van der Waals surface area contributed by atoms with E-state index >= 15 is 0 Å². The first-order chi connectivity index (χ1) is 12.5.